The van der Waals surface area contributed by atoms with Crippen LogP contribution in [0.1, 0.15) is 0 Å². The van der Waals surface area contributed by atoms with Gasteiger partial charge in [0, 0.05) is 0 Å². The molecular weight excluding hydrogens is 351 g/mol. The Labute approximate surface area is 57.7 Å². The molecule has 0 saturated heterocycles. The van der Waals surface area contributed by atoms with E-state index in [9.17, 15) is 0 Å². The second-order valence-electron chi connectivity index (χ2n) is 1.13. The van der Waals surface area contributed by atoms with Crippen LogP contribution in [0.15, 0.2) is 0 Å². The first kappa shape index (κ1) is 12.5. The van der Waals surface area contributed by atoms with Crippen molar-refractivity contribution >= 4 is 21.0 Å². The molecular formula is H6BiNO8. The van der Waals surface area contributed by atoms with Crippen LogP contribution in [-0.2, 0) is 0 Å². The maximum absolute atomic E-state index is 8.36. The van der Waals surface area contributed by atoms with Crippen LogP contribution >= 0.6 is 0 Å². The topological polar surface area (TPSA) is 165 Å². The average Bonchev–Trinajstić information content (AvgIpc) is 1.14. The fraction of sp³-hybridized carbons (Fsp3) is 0. The van der Waals surface area contributed by atoms with Gasteiger partial charge in [-0.15, -0.1) is 10.1 Å². The molecule has 6 N–H and O–H groups in total. The van der Waals surface area contributed by atoms with Gasteiger partial charge in [0.15, 0.2) is 0 Å². The first-order valence-corrected chi connectivity index (χ1v) is 9.34. The second-order valence-corrected chi connectivity index (χ2v) is 8.09. The summed E-state index contributed by atoms with van der Waals surface area (Å²) in [6, 6.07) is 0. The molecule has 9 nitrogen and oxygen atoms in total. The molecule has 0 aliphatic rings. The molecule has 0 fully saturated rings. The summed E-state index contributed by atoms with van der Waals surface area (Å²) in [7, 11) is 0. The van der Waals surface area contributed by atoms with Gasteiger partial charge in [0.25, 0.3) is 5.09 Å². The van der Waals surface area contributed by atoms with E-state index < -0.39 is 26.1 Å². The first-order valence-electron chi connectivity index (χ1n) is 1.57. The molecule has 0 bridgehead atoms. The van der Waals surface area contributed by atoms with Crippen LogP contribution in [0.3, 0.4) is 0 Å². The number of nitrogens with zero attached hydrogens (tertiary/aromatic N) is 1. The zero-order chi connectivity index (χ0) is 9.02. The van der Waals surface area contributed by atoms with Crippen LogP contribution in [0.4, 0.5) is 0 Å². The minimum absolute atomic E-state index is 1.50. The average molecular weight is 357 g/mol. The molecule has 64 valence electrons. The van der Waals surface area contributed by atoms with Crippen molar-refractivity contribution in [1.29, 1.82) is 0 Å². The summed E-state index contributed by atoms with van der Waals surface area (Å²) < 4.78 is 37.1. The van der Waals surface area contributed by atoms with Gasteiger partial charge in [0.2, 0.25) is 0 Å². The summed E-state index contributed by atoms with van der Waals surface area (Å²) >= 11 is -6.80. The molecule has 0 aromatic carbocycles. The van der Waals surface area contributed by atoms with E-state index in [0.29, 0.717) is 0 Å². The molecule has 0 rings (SSSR count). The third-order valence-electron chi connectivity index (χ3n) is 0. The van der Waals surface area contributed by atoms with E-state index in [1.807, 2.05) is 0 Å². The van der Waals surface area contributed by atoms with Crippen molar-refractivity contribution in [2.45, 2.75) is 0 Å². The minimum atomic E-state index is -6.80. The third-order valence-corrected chi connectivity index (χ3v) is 0. The van der Waals surface area contributed by atoms with E-state index in [4.69, 9.17) is 31.2 Å². The molecule has 0 heterocycles. The van der Waals surface area contributed by atoms with Gasteiger partial charge in [-0.2, -0.15) is 0 Å². The van der Waals surface area contributed by atoms with Gasteiger partial charge in [-0.1, -0.05) is 0 Å². The van der Waals surface area contributed by atoms with Crippen LogP contribution < -0.4 is 0 Å². The Bertz CT molecular complexity index is 96.0. The van der Waals surface area contributed by atoms with Crippen LogP contribution in [0.5, 0.6) is 0 Å². The van der Waals surface area contributed by atoms with Crippen molar-refractivity contribution in [3.63, 3.8) is 0 Å². The van der Waals surface area contributed by atoms with Gasteiger partial charge >= 0.3 is 36.9 Å². The molecule has 10 heteroatoms. The molecule has 0 atom stereocenters. The number of rotatable bonds is 0. The summed E-state index contributed by atoms with van der Waals surface area (Å²) in [5.74, 6) is 0. The Morgan fingerprint density at radius 3 is 1.10 bits per heavy atom. The number of hydrogen-bond acceptors (Lipinski definition) is 7. The third kappa shape index (κ3) is 27300. The Balaban J connectivity index is 0. The Hall–Kier alpha value is -0.117. The summed E-state index contributed by atoms with van der Waals surface area (Å²) in [4.78, 5) is 8.36. The van der Waals surface area contributed by atoms with E-state index >= 15 is 0 Å². The van der Waals surface area contributed by atoms with Crippen molar-refractivity contribution in [2.75, 3.05) is 0 Å². The molecule has 10 heavy (non-hydrogen) atoms. The van der Waals surface area contributed by atoms with Gasteiger partial charge in [0.05, 0.1) is 0 Å². The molecule has 0 radical (unpaired) electrons. The molecule has 0 aromatic heterocycles. The van der Waals surface area contributed by atoms with Crippen LogP contribution in [0.25, 0.3) is 0 Å². The van der Waals surface area contributed by atoms with E-state index in [2.05, 4.69) is 0 Å². The zero-order valence-electron chi connectivity index (χ0n) is 4.39. The van der Waals surface area contributed by atoms with Crippen LogP contribution in [-0.4, -0.2) is 47.2 Å². The van der Waals surface area contributed by atoms with Crippen molar-refractivity contribution < 1.29 is 26.2 Å². The summed E-state index contributed by atoms with van der Waals surface area (Å²) in [5, 5.41) is 13.6. The fourth-order valence-corrected chi connectivity index (χ4v) is 0. The van der Waals surface area contributed by atoms with Crippen molar-refractivity contribution in [3.05, 3.63) is 10.1 Å². The summed E-state index contributed by atoms with van der Waals surface area (Å²) in [6.07, 6.45) is 0. The standard InChI is InChI=1S/Bi.HNO3.5H2O/c;2-1(3)4;;;;;/h;(H,2,3,4);5*1H2/q+5;;;;;;/p-5. The van der Waals surface area contributed by atoms with E-state index in [1.54, 1.807) is 0 Å². The quantitative estimate of drug-likeness (QED) is 0.148. The van der Waals surface area contributed by atoms with Gasteiger partial charge < -0.3 is 5.21 Å². The molecule has 0 amide bonds. The Morgan fingerprint density at radius 1 is 1.10 bits per heavy atom. The first-order chi connectivity index (χ1) is 3.97. The van der Waals surface area contributed by atoms with Crippen LogP contribution in [0, 0.1) is 10.1 Å². The van der Waals surface area contributed by atoms with E-state index in [0.717, 1.165) is 0 Å². The maximum atomic E-state index is 8.36. The Morgan fingerprint density at radius 2 is 1.10 bits per heavy atom. The van der Waals surface area contributed by atoms with Crippen molar-refractivity contribution in [2.24, 2.45) is 0 Å². The van der Waals surface area contributed by atoms with E-state index in [-0.39, 0.29) is 0 Å². The monoisotopic (exact) mass is 357 g/mol. The molecule has 0 aromatic rings. The molecule has 0 unspecified atom stereocenters. The summed E-state index contributed by atoms with van der Waals surface area (Å²) in [6.45, 7) is 0. The SMILES string of the molecule is O=[N+]([O-])O.[OH][Bi]([OH])([OH])([OH])[OH]. The molecule has 0 spiro atoms. The summed E-state index contributed by atoms with van der Waals surface area (Å²) in [5.41, 5.74) is 0. The second kappa shape index (κ2) is 3.33. The fourth-order valence-electron chi connectivity index (χ4n) is 0. The van der Waals surface area contributed by atoms with Crippen LogP contribution in [0.2, 0.25) is 0 Å². The van der Waals surface area contributed by atoms with Gasteiger partial charge in [-0.05, 0) is 0 Å². The van der Waals surface area contributed by atoms with Gasteiger partial charge in [0.1, 0.15) is 0 Å². The van der Waals surface area contributed by atoms with Crippen molar-refractivity contribution in [1.82, 2.24) is 0 Å². The predicted molar refractivity (Wildman–Crippen MR) is 25.6 cm³/mol. The Kier molecular flexibility index (Phi) is 4.17. The molecule has 0 aliphatic carbocycles. The van der Waals surface area contributed by atoms with Crippen molar-refractivity contribution in [3.8, 4) is 0 Å². The normalized spacial score (nSPS) is 13.9. The van der Waals surface area contributed by atoms with Gasteiger partial charge in [-0.3, -0.25) is 0 Å². The number of hydrogen-bond donors (Lipinski definition) is 6. The van der Waals surface area contributed by atoms with E-state index in [1.165, 1.54) is 0 Å². The molecule has 0 aliphatic heterocycles. The van der Waals surface area contributed by atoms with Gasteiger partial charge in [-0.25, -0.2) is 0 Å². The molecule has 0 saturated carbocycles. The predicted octanol–water partition coefficient (Wildman–Crippen LogP) is -3.51. The zero-order valence-corrected chi connectivity index (χ0v) is 7.87.